The maximum atomic E-state index is 10.9. The molecule has 2 aromatic heterocycles. The Labute approximate surface area is 91.8 Å². The third-order valence-corrected chi connectivity index (χ3v) is 2.31. The summed E-state index contributed by atoms with van der Waals surface area (Å²) in [6.07, 6.45) is 3.41. The van der Waals surface area contributed by atoms with Gasteiger partial charge in [-0.3, -0.25) is 4.79 Å². The second kappa shape index (κ2) is 3.73. The van der Waals surface area contributed by atoms with E-state index in [-0.39, 0.29) is 6.42 Å². The molecule has 0 bridgehead atoms. The van der Waals surface area contributed by atoms with Crippen LogP contribution in [0, 0.1) is 0 Å². The van der Waals surface area contributed by atoms with Gasteiger partial charge in [0.15, 0.2) is 5.75 Å². The molecule has 0 aliphatic rings. The zero-order valence-electron chi connectivity index (χ0n) is 8.80. The third-order valence-electron chi connectivity index (χ3n) is 2.31. The Morgan fingerprint density at radius 1 is 1.62 bits per heavy atom. The highest BCUT2D eigenvalue weighted by Gasteiger charge is 2.13. The van der Waals surface area contributed by atoms with Crippen LogP contribution < -0.4 is 16.2 Å². The summed E-state index contributed by atoms with van der Waals surface area (Å²) in [4.78, 5) is 10.9. The topological polar surface area (TPSA) is 95.6 Å². The van der Waals surface area contributed by atoms with Crippen LogP contribution >= 0.6 is 0 Å². The fraction of sp³-hybridized carbons (Fsp3) is 0.200. The number of aromatic nitrogens is 2. The van der Waals surface area contributed by atoms with Crippen LogP contribution in [-0.4, -0.2) is 22.6 Å². The Balaban J connectivity index is 2.67. The summed E-state index contributed by atoms with van der Waals surface area (Å²) in [5.74, 6) is 0.0932. The van der Waals surface area contributed by atoms with E-state index < -0.39 is 5.91 Å². The highest BCUT2D eigenvalue weighted by molar-refractivity contribution is 5.82. The fourth-order valence-corrected chi connectivity index (χ4v) is 1.66. The molecule has 0 spiro atoms. The number of rotatable bonds is 3. The second-order valence-electron chi connectivity index (χ2n) is 3.41. The Hall–Kier alpha value is -2.24. The van der Waals surface area contributed by atoms with Gasteiger partial charge in [-0.2, -0.15) is 5.10 Å². The van der Waals surface area contributed by atoms with Crippen molar-refractivity contribution in [2.75, 3.05) is 12.8 Å². The van der Waals surface area contributed by atoms with Gasteiger partial charge in [0, 0.05) is 11.8 Å². The number of pyridine rings is 1. The van der Waals surface area contributed by atoms with E-state index >= 15 is 0 Å². The highest BCUT2D eigenvalue weighted by atomic mass is 16.5. The molecule has 0 unspecified atom stereocenters. The van der Waals surface area contributed by atoms with Crippen molar-refractivity contribution in [1.29, 1.82) is 0 Å². The maximum absolute atomic E-state index is 10.9. The molecule has 6 heteroatoms. The lowest BCUT2D eigenvalue weighted by Crippen LogP contribution is -2.13. The van der Waals surface area contributed by atoms with E-state index in [2.05, 4.69) is 5.10 Å². The summed E-state index contributed by atoms with van der Waals surface area (Å²) in [6, 6.07) is 1.69. The Morgan fingerprint density at radius 3 is 3.00 bits per heavy atom. The smallest absolute Gasteiger partial charge is 0.221 e. The lowest BCUT2D eigenvalue weighted by Gasteiger charge is -2.07. The van der Waals surface area contributed by atoms with E-state index in [1.165, 1.54) is 7.11 Å². The number of methoxy groups -OCH3 is 1. The molecule has 84 valence electrons. The van der Waals surface area contributed by atoms with Gasteiger partial charge in [0.2, 0.25) is 5.91 Å². The quantitative estimate of drug-likeness (QED) is 0.758. The van der Waals surface area contributed by atoms with Crippen LogP contribution in [-0.2, 0) is 11.2 Å². The second-order valence-corrected chi connectivity index (χ2v) is 3.41. The molecule has 0 saturated heterocycles. The zero-order chi connectivity index (χ0) is 11.7. The monoisotopic (exact) mass is 220 g/mol. The first-order valence-corrected chi connectivity index (χ1v) is 4.70. The molecule has 0 saturated carbocycles. The molecule has 0 fully saturated rings. The number of carbonyl (C=O) groups excluding carboxylic acids is 1. The molecule has 6 nitrogen and oxygen atoms in total. The van der Waals surface area contributed by atoms with E-state index in [0.717, 1.165) is 0 Å². The maximum Gasteiger partial charge on any atom is 0.221 e. The number of nitrogen functional groups attached to an aromatic ring is 1. The molecule has 2 rings (SSSR count). The molecule has 0 radical (unpaired) electrons. The Kier molecular flexibility index (Phi) is 2.40. The molecule has 0 aliphatic heterocycles. The van der Waals surface area contributed by atoms with Gasteiger partial charge in [0.1, 0.15) is 5.52 Å². The molecule has 4 N–H and O–H groups in total. The SMILES string of the molecule is COc1c(N)ccn2ncc(CC(N)=O)c12. The Morgan fingerprint density at radius 2 is 2.38 bits per heavy atom. The van der Waals surface area contributed by atoms with Crippen molar-refractivity contribution in [3.63, 3.8) is 0 Å². The molecular formula is C10H12N4O2. The van der Waals surface area contributed by atoms with Crippen molar-refractivity contribution in [1.82, 2.24) is 9.61 Å². The minimum absolute atomic E-state index is 0.114. The molecule has 0 aromatic carbocycles. The van der Waals surface area contributed by atoms with Crippen LogP contribution in [0.15, 0.2) is 18.5 Å². The van der Waals surface area contributed by atoms with Crippen molar-refractivity contribution < 1.29 is 9.53 Å². The summed E-state index contributed by atoms with van der Waals surface area (Å²) >= 11 is 0. The van der Waals surface area contributed by atoms with Gasteiger partial charge in [0.05, 0.1) is 25.4 Å². The van der Waals surface area contributed by atoms with Crippen LogP contribution in [0.3, 0.4) is 0 Å². The minimum Gasteiger partial charge on any atom is -0.492 e. The number of hydrogen-bond donors (Lipinski definition) is 2. The Bertz CT molecular complexity index is 547. The number of amides is 1. The van der Waals surface area contributed by atoms with Crippen molar-refractivity contribution in [2.45, 2.75) is 6.42 Å². The predicted octanol–water partition coefficient (Wildman–Crippen LogP) is -0.0471. The number of anilines is 1. The number of nitrogens with zero attached hydrogens (tertiary/aromatic N) is 2. The molecule has 0 atom stereocenters. The molecule has 2 aromatic rings. The summed E-state index contributed by atoms with van der Waals surface area (Å²) < 4.78 is 6.81. The van der Waals surface area contributed by atoms with Crippen LogP contribution in [0.2, 0.25) is 0 Å². The molecule has 0 aliphatic carbocycles. The number of carbonyl (C=O) groups is 1. The van der Waals surface area contributed by atoms with Crippen LogP contribution in [0.4, 0.5) is 5.69 Å². The third kappa shape index (κ3) is 1.54. The van der Waals surface area contributed by atoms with E-state index in [1.807, 2.05) is 0 Å². The van der Waals surface area contributed by atoms with Crippen LogP contribution in [0.25, 0.3) is 5.52 Å². The largest absolute Gasteiger partial charge is 0.492 e. The average Bonchev–Trinajstić information content (AvgIpc) is 2.61. The summed E-state index contributed by atoms with van der Waals surface area (Å²) in [5.41, 5.74) is 12.8. The highest BCUT2D eigenvalue weighted by Crippen LogP contribution is 2.29. The van der Waals surface area contributed by atoms with Crippen molar-refractivity contribution in [3.8, 4) is 5.75 Å². The number of fused-ring (bicyclic) bond motifs is 1. The fourth-order valence-electron chi connectivity index (χ4n) is 1.66. The lowest BCUT2D eigenvalue weighted by molar-refractivity contribution is -0.117. The number of primary amides is 1. The van der Waals surface area contributed by atoms with E-state index in [1.54, 1.807) is 23.0 Å². The molecular weight excluding hydrogens is 208 g/mol. The van der Waals surface area contributed by atoms with Gasteiger partial charge in [-0.15, -0.1) is 0 Å². The summed E-state index contributed by atoms with van der Waals surface area (Å²) in [5, 5.41) is 4.09. The van der Waals surface area contributed by atoms with Gasteiger partial charge in [-0.05, 0) is 6.07 Å². The van der Waals surface area contributed by atoms with Gasteiger partial charge in [-0.25, -0.2) is 4.52 Å². The summed E-state index contributed by atoms with van der Waals surface area (Å²) in [6.45, 7) is 0. The van der Waals surface area contributed by atoms with Gasteiger partial charge >= 0.3 is 0 Å². The van der Waals surface area contributed by atoms with E-state index in [9.17, 15) is 4.79 Å². The number of hydrogen-bond acceptors (Lipinski definition) is 4. The summed E-state index contributed by atoms with van der Waals surface area (Å²) in [7, 11) is 1.52. The standard InChI is InChI=1S/C10H12N4O2/c1-16-10-7(11)2-3-14-9(10)6(5-13-14)4-8(12)15/h2-3,5H,4,11H2,1H3,(H2,12,15). The predicted molar refractivity (Wildman–Crippen MR) is 59.1 cm³/mol. The molecule has 16 heavy (non-hydrogen) atoms. The molecule has 1 amide bonds. The van der Waals surface area contributed by atoms with Crippen molar-refractivity contribution in [3.05, 3.63) is 24.0 Å². The minimum atomic E-state index is -0.417. The number of nitrogens with two attached hydrogens (primary N) is 2. The van der Waals surface area contributed by atoms with Gasteiger partial charge in [-0.1, -0.05) is 0 Å². The molecule has 2 heterocycles. The normalized spacial score (nSPS) is 10.6. The lowest BCUT2D eigenvalue weighted by atomic mass is 10.2. The van der Waals surface area contributed by atoms with Crippen molar-refractivity contribution in [2.24, 2.45) is 5.73 Å². The first kappa shape index (κ1) is 10.3. The van der Waals surface area contributed by atoms with Gasteiger partial charge < -0.3 is 16.2 Å². The van der Waals surface area contributed by atoms with Crippen molar-refractivity contribution >= 4 is 17.1 Å². The van der Waals surface area contributed by atoms with E-state index in [4.69, 9.17) is 16.2 Å². The van der Waals surface area contributed by atoms with E-state index in [0.29, 0.717) is 22.5 Å². The first-order chi connectivity index (χ1) is 7.63. The van der Waals surface area contributed by atoms with Gasteiger partial charge in [0.25, 0.3) is 0 Å². The van der Waals surface area contributed by atoms with Crippen LogP contribution in [0.1, 0.15) is 5.56 Å². The van der Waals surface area contributed by atoms with Crippen LogP contribution in [0.5, 0.6) is 5.75 Å². The first-order valence-electron chi connectivity index (χ1n) is 4.70. The average molecular weight is 220 g/mol. The number of ether oxygens (including phenoxy) is 1. The zero-order valence-corrected chi connectivity index (χ0v) is 8.80.